The van der Waals surface area contributed by atoms with Gasteiger partial charge in [0.25, 0.3) is 0 Å². The van der Waals surface area contributed by atoms with Gasteiger partial charge in [-0.1, -0.05) is 54.2 Å². The van der Waals surface area contributed by atoms with Crippen molar-refractivity contribution in [2.75, 3.05) is 26.0 Å². The second kappa shape index (κ2) is 10.5. The van der Waals surface area contributed by atoms with Crippen LogP contribution in [0.5, 0.6) is 17.2 Å². The molecule has 8 nitrogen and oxygen atoms in total. The number of para-hydroxylation sites is 3. The Morgan fingerprint density at radius 3 is 2.69 bits per heavy atom. The number of aromatic nitrogens is 3. The minimum Gasteiger partial charge on any atom is -0.497 e. The van der Waals surface area contributed by atoms with Crippen molar-refractivity contribution in [3.05, 3.63) is 78.9 Å². The maximum absolute atomic E-state index is 12.6. The standard InChI is InChI=1S/C26H24N4O4S/c1-32-20-11-7-8-18(14-20)25-28-29-26(30(25)19-9-3-2-4-10-19)35-17-24(31)27-15-21-16-33-22-12-5-6-13-23(22)34-21/h2-14,21H,15-17H2,1H3,(H,27,31). The van der Waals surface area contributed by atoms with Gasteiger partial charge in [-0.2, -0.15) is 0 Å². The Labute approximate surface area is 207 Å². The molecule has 0 fully saturated rings. The molecule has 0 radical (unpaired) electrons. The number of fused-ring (bicyclic) bond motifs is 1. The second-order valence-electron chi connectivity index (χ2n) is 7.80. The molecule has 0 spiro atoms. The molecule has 1 amide bonds. The number of rotatable bonds is 8. The highest BCUT2D eigenvalue weighted by atomic mass is 32.2. The fourth-order valence-corrected chi connectivity index (χ4v) is 4.48. The second-order valence-corrected chi connectivity index (χ2v) is 8.74. The fourth-order valence-electron chi connectivity index (χ4n) is 3.69. The van der Waals surface area contributed by atoms with E-state index >= 15 is 0 Å². The van der Waals surface area contributed by atoms with Gasteiger partial charge in [0, 0.05) is 11.3 Å². The van der Waals surface area contributed by atoms with Gasteiger partial charge in [-0.15, -0.1) is 10.2 Å². The molecule has 1 aliphatic heterocycles. The predicted octanol–water partition coefficient (Wildman–Crippen LogP) is 3.99. The van der Waals surface area contributed by atoms with Crippen molar-refractivity contribution >= 4 is 17.7 Å². The van der Waals surface area contributed by atoms with E-state index in [1.807, 2.05) is 83.4 Å². The molecule has 5 rings (SSSR count). The Kier molecular flexibility index (Phi) is 6.85. The molecular formula is C26H24N4O4S. The summed E-state index contributed by atoms with van der Waals surface area (Å²) >= 11 is 1.32. The van der Waals surface area contributed by atoms with Crippen LogP contribution in [0.3, 0.4) is 0 Å². The van der Waals surface area contributed by atoms with Crippen LogP contribution in [0.15, 0.2) is 84.0 Å². The number of methoxy groups -OCH3 is 1. The molecule has 3 aromatic carbocycles. The van der Waals surface area contributed by atoms with E-state index < -0.39 is 0 Å². The molecule has 0 saturated carbocycles. The third-order valence-corrected chi connectivity index (χ3v) is 6.33. The van der Waals surface area contributed by atoms with Gasteiger partial charge < -0.3 is 19.5 Å². The fraction of sp³-hybridized carbons (Fsp3) is 0.192. The first-order chi connectivity index (χ1) is 17.2. The van der Waals surface area contributed by atoms with Crippen LogP contribution in [0.4, 0.5) is 0 Å². The minimum absolute atomic E-state index is 0.122. The molecule has 4 aromatic rings. The maximum atomic E-state index is 12.6. The first kappa shape index (κ1) is 22.8. The van der Waals surface area contributed by atoms with Crippen molar-refractivity contribution in [2.45, 2.75) is 11.3 Å². The molecule has 1 unspecified atom stereocenters. The van der Waals surface area contributed by atoms with E-state index in [2.05, 4.69) is 15.5 Å². The molecule has 1 aromatic heterocycles. The molecular weight excluding hydrogens is 464 g/mol. The number of hydrogen-bond donors (Lipinski definition) is 1. The topological polar surface area (TPSA) is 87.5 Å². The summed E-state index contributed by atoms with van der Waals surface area (Å²) in [4.78, 5) is 12.6. The average Bonchev–Trinajstić information content (AvgIpc) is 3.35. The zero-order chi connectivity index (χ0) is 24.0. The number of nitrogens with one attached hydrogen (secondary N) is 1. The van der Waals surface area contributed by atoms with Gasteiger partial charge in [-0.25, -0.2) is 0 Å². The summed E-state index contributed by atoms with van der Waals surface area (Å²) in [5, 5.41) is 12.4. The van der Waals surface area contributed by atoms with Crippen LogP contribution in [0.25, 0.3) is 17.1 Å². The van der Waals surface area contributed by atoms with Crippen molar-refractivity contribution in [1.82, 2.24) is 20.1 Å². The normalized spacial score (nSPS) is 14.4. The monoisotopic (exact) mass is 488 g/mol. The van der Waals surface area contributed by atoms with E-state index in [1.165, 1.54) is 11.8 Å². The van der Waals surface area contributed by atoms with Crippen LogP contribution < -0.4 is 19.5 Å². The summed E-state index contributed by atoms with van der Waals surface area (Å²) in [6, 6.07) is 25.0. The van der Waals surface area contributed by atoms with Gasteiger partial charge in [0.05, 0.1) is 19.4 Å². The zero-order valence-electron chi connectivity index (χ0n) is 19.1. The van der Waals surface area contributed by atoms with Crippen molar-refractivity contribution in [3.63, 3.8) is 0 Å². The molecule has 9 heteroatoms. The number of benzene rings is 3. The summed E-state index contributed by atoms with van der Waals surface area (Å²) in [6.07, 6.45) is -0.244. The van der Waals surface area contributed by atoms with Gasteiger partial charge in [-0.05, 0) is 36.4 Å². The Bertz CT molecular complexity index is 1310. The number of carbonyl (C=O) groups is 1. The van der Waals surface area contributed by atoms with Gasteiger partial charge in [-0.3, -0.25) is 9.36 Å². The quantitative estimate of drug-likeness (QED) is 0.375. The molecule has 0 bridgehead atoms. The van der Waals surface area contributed by atoms with Crippen LogP contribution >= 0.6 is 11.8 Å². The molecule has 35 heavy (non-hydrogen) atoms. The lowest BCUT2D eigenvalue weighted by atomic mass is 10.2. The van der Waals surface area contributed by atoms with Crippen LogP contribution in [0.2, 0.25) is 0 Å². The molecule has 1 N–H and O–H groups in total. The van der Waals surface area contributed by atoms with E-state index in [4.69, 9.17) is 14.2 Å². The van der Waals surface area contributed by atoms with Gasteiger partial charge in [0.2, 0.25) is 5.91 Å². The Morgan fingerprint density at radius 1 is 1.06 bits per heavy atom. The maximum Gasteiger partial charge on any atom is 0.230 e. The number of amides is 1. The minimum atomic E-state index is -0.244. The number of carbonyl (C=O) groups excluding carboxylic acids is 1. The Balaban J connectivity index is 1.27. The molecule has 1 atom stereocenters. The smallest absolute Gasteiger partial charge is 0.230 e. The lowest BCUT2D eigenvalue weighted by Gasteiger charge is -2.26. The molecule has 2 heterocycles. The van der Waals surface area contributed by atoms with E-state index in [0.717, 1.165) is 22.7 Å². The summed E-state index contributed by atoms with van der Waals surface area (Å²) < 4.78 is 18.9. The van der Waals surface area contributed by atoms with E-state index in [-0.39, 0.29) is 17.8 Å². The van der Waals surface area contributed by atoms with Gasteiger partial charge in [0.1, 0.15) is 18.5 Å². The highest BCUT2D eigenvalue weighted by molar-refractivity contribution is 7.99. The number of nitrogens with zero attached hydrogens (tertiary/aromatic N) is 3. The van der Waals surface area contributed by atoms with Crippen molar-refractivity contribution in [1.29, 1.82) is 0 Å². The molecule has 0 saturated heterocycles. The number of thioether (sulfide) groups is 1. The Hall–Kier alpha value is -3.98. The lowest BCUT2D eigenvalue weighted by Crippen LogP contribution is -2.41. The van der Waals surface area contributed by atoms with Crippen LogP contribution in [-0.4, -0.2) is 52.8 Å². The van der Waals surface area contributed by atoms with Gasteiger partial charge >= 0.3 is 0 Å². The van der Waals surface area contributed by atoms with E-state index in [0.29, 0.717) is 29.9 Å². The van der Waals surface area contributed by atoms with Crippen LogP contribution in [0.1, 0.15) is 0 Å². The SMILES string of the molecule is COc1cccc(-c2nnc(SCC(=O)NCC3COc4ccccc4O3)n2-c2ccccc2)c1. The van der Waals surface area contributed by atoms with Crippen molar-refractivity contribution in [3.8, 4) is 34.3 Å². The summed E-state index contributed by atoms with van der Waals surface area (Å²) in [5.41, 5.74) is 1.77. The largest absolute Gasteiger partial charge is 0.497 e. The summed E-state index contributed by atoms with van der Waals surface area (Å²) in [7, 11) is 1.63. The van der Waals surface area contributed by atoms with E-state index in [1.54, 1.807) is 7.11 Å². The van der Waals surface area contributed by atoms with E-state index in [9.17, 15) is 4.79 Å². The molecule has 178 valence electrons. The third kappa shape index (κ3) is 5.25. The summed E-state index contributed by atoms with van der Waals surface area (Å²) in [6.45, 7) is 0.741. The lowest BCUT2D eigenvalue weighted by molar-refractivity contribution is -0.119. The molecule has 0 aliphatic carbocycles. The van der Waals surface area contributed by atoms with Gasteiger partial charge in [0.15, 0.2) is 22.5 Å². The number of hydrogen-bond acceptors (Lipinski definition) is 7. The highest BCUT2D eigenvalue weighted by Crippen LogP contribution is 2.31. The Morgan fingerprint density at radius 2 is 1.86 bits per heavy atom. The van der Waals surface area contributed by atoms with Crippen LogP contribution in [-0.2, 0) is 4.79 Å². The molecule has 1 aliphatic rings. The van der Waals surface area contributed by atoms with Crippen molar-refractivity contribution in [2.24, 2.45) is 0 Å². The third-order valence-electron chi connectivity index (χ3n) is 5.40. The van der Waals surface area contributed by atoms with Crippen molar-refractivity contribution < 1.29 is 19.0 Å². The van der Waals surface area contributed by atoms with Crippen LogP contribution in [0, 0.1) is 0 Å². The predicted molar refractivity (Wildman–Crippen MR) is 133 cm³/mol. The summed E-state index contributed by atoms with van der Waals surface area (Å²) in [5.74, 6) is 2.88. The highest BCUT2D eigenvalue weighted by Gasteiger charge is 2.22. The number of ether oxygens (including phenoxy) is 3. The first-order valence-electron chi connectivity index (χ1n) is 11.1. The zero-order valence-corrected chi connectivity index (χ0v) is 19.9. The first-order valence-corrected chi connectivity index (χ1v) is 12.1. The average molecular weight is 489 g/mol.